The SMILES string of the molecule is C=CCOc1ccc(C([O-])=C2C(=O)C(=O)N(CC[NH+](C)C)C2c2cccc(Cl)c2)cc1. The molecular weight excluding hydrogens is 416 g/mol. The number of quaternary nitrogens is 1. The fourth-order valence-electron chi connectivity index (χ4n) is 3.48. The second-order valence-corrected chi connectivity index (χ2v) is 8.05. The summed E-state index contributed by atoms with van der Waals surface area (Å²) in [7, 11) is 3.92. The highest BCUT2D eigenvalue weighted by atomic mass is 35.5. The first kappa shape index (κ1) is 22.6. The molecule has 2 aromatic carbocycles. The first-order chi connectivity index (χ1) is 14.8. The van der Waals surface area contributed by atoms with Crippen LogP contribution in [0, 0.1) is 0 Å². The minimum absolute atomic E-state index is 0.0548. The van der Waals surface area contributed by atoms with E-state index in [2.05, 4.69) is 6.58 Å². The predicted molar refractivity (Wildman–Crippen MR) is 118 cm³/mol. The van der Waals surface area contributed by atoms with Crippen LogP contribution < -0.4 is 14.7 Å². The molecule has 0 bridgehead atoms. The van der Waals surface area contributed by atoms with Gasteiger partial charge < -0.3 is 19.6 Å². The third kappa shape index (κ3) is 4.98. The lowest BCUT2D eigenvalue weighted by atomic mass is 9.95. The Hall–Kier alpha value is -3.09. The van der Waals surface area contributed by atoms with E-state index in [9.17, 15) is 14.7 Å². The van der Waals surface area contributed by atoms with Crippen molar-refractivity contribution in [2.75, 3.05) is 33.8 Å². The minimum Gasteiger partial charge on any atom is -0.872 e. The molecule has 0 aliphatic carbocycles. The van der Waals surface area contributed by atoms with Gasteiger partial charge in [0, 0.05) is 10.6 Å². The molecule has 3 rings (SSSR count). The third-order valence-electron chi connectivity index (χ3n) is 5.03. The first-order valence-corrected chi connectivity index (χ1v) is 10.4. The molecule has 0 saturated carbocycles. The number of rotatable bonds is 8. The maximum absolute atomic E-state index is 13.3. The zero-order chi connectivity index (χ0) is 22.5. The Balaban J connectivity index is 2.07. The van der Waals surface area contributed by atoms with Gasteiger partial charge in [0.2, 0.25) is 5.78 Å². The number of ketones is 1. The number of halogens is 1. The van der Waals surface area contributed by atoms with Crippen LogP contribution in [0.4, 0.5) is 0 Å². The van der Waals surface area contributed by atoms with Crippen molar-refractivity contribution in [3.8, 4) is 5.75 Å². The highest BCUT2D eigenvalue weighted by Gasteiger charge is 2.44. The average molecular weight is 441 g/mol. The second-order valence-electron chi connectivity index (χ2n) is 7.61. The lowest BCUT2D eigenvalue weighted by molar-refractivity contribution is -0.857. The van der Waals surface area contributed by atoms with Crippen LogP contribution in [0.15, 0.2) is 66.8 Å². The Morgan fingerprint density at radius 3 is 2.55 bits per heavy atom. The molecule has 0 radical (unpaired) electrons. The van der Waals surface area contributed by atoms with Gasteiger partial charge in [-0.2, -0.15) is 0 Å². The first-order valence-electron chi connectivity index (χ1n) is 9.98. The number of benzene rings is 2. The molecule has 1 amide bonds. The van der Waals surface area contributed by atoms with Crippen LogP contribution in [0.3, 0.4) is 0 Å². The van der Waals surface area contributed by atoms with Gasteiger partial charge in [-0.15, -0.1) is 0 Å². The highest BCUT2D eigenvalue weighted by Crippen LogP contribution is 2.39. The molecule has 31 heavy (non-hydrogen) atoms. The number of carbonyl (C=O) groups is 2. The largest absolute Gasteiger partial charge is 0.872 e. The molecule has 1 heterocycles. The molecule has 2 aromatic rings. The Morgan fingerprint density at radius 1 is 1.23 bits per heavy atom. The van der Waals surface area contributed by atoms with E-state index in [1.807, 2.05) is 14.1 Å². The summed E-state index contributed by atoms with van der Waals surface area (Å²) in [5, 5.41) is 13.8. The van der Waals surface area contributed by atoms with Crippen molar-refractivity contribution in [2.24, 2.45) is 0 Å². The molecule has 1 fully saturated rings. The number of nitrogens with one attached hydrogen (secondary N) is 1. The Bertz CT molecular complexity index is 1010. The van der Waals surface area contributed by atoms with E-state index >= 15 is 0 Å². The summed E-state index contributed by atoms with van der Waals surface area (Å²) in [4.78, 5) is 28.4. The molecule has 162 valence electrons. The van der Waals surface area contributed by atoms with E-state index in [1.54, 1.807) is 54.6 Å². The quantitative estimate of drug-likeness (QED) is 0.290. The molecule has 7 heteroatoms. The molecule has 1 N–H and O–H groups in total. The predicted octanol–water partition coefficient (Wildman–Crippen LogP) is 1.27. The fraction of sp³-hybridized carbons (Fsp3) is 0.250. The summed E-state index contributed by atoms with van der Waals surface area (Å²) in [6.07, 6.45) is 1.62. The van der Waals surface area contributed by atoms with Gasteiger partial charge in [-0.3, -0.25) is 9.59 Å². The molecule has 1 saturated heterocycles. The molecule has 1 aliphatic heterocycles. The number of carbonyl (C=O) groups excluding carboxylic acids is 2. The van der Waals surface area contributed by atoms with E-state index in [0.717, 1.165) is 4.90 Å². The summed E-state index contributed by atoms with van der Waals surface area (Å²) >= 11 is 6.17. The van der Waals surface area contributed by atoms with Gasteiger partial charge in [0.15, 0.2) is 0 Å². The normalized spacial score (nSPS) is 17.9. The van der Waals surface area contributed by atoms with Gasteiger partial charge in [-0.1, -0.05) is 54.3 Å². The number of ether oxygens (including phenoxy) is 1. The van der Waals surface area contributed by atoms with Gasteiger partial charge in [0.25, 0.3) is 5.91 Å². The van der Waals surface area contributed by atoms with Gasteiger partial charge in [-0.25, -0.2) is 0 Å². The Labute approximate surface area is 187 Å². The summed E-state index contributed by atoms with van der Waals surface area (Å²) < 4.78 is 5.45. The number of amides is 1. The zero-order valence-corrected chi connectivity index (χ0v) is 18.3. The maximum atomic E-state index is 13.3. The molecule has 0 aromatic heterocycles. The van der Waals surface area contributed by atoms with Crippen molar-refractivity contribution >= 4 is 29.1 Å². The van der Waals surface area contributed by atoms with Gasteiger partial charge in [0.05, 0.1) is 33.2 Å². The summed E-state index contributed by atoms with van der Waals surface area (Å²) in [6, 6.07) is 12.6. The van der Waals surface area contributed by atoms with E-state index in [4.69, 9.17) is 16.3 Å². The monoisotopic (exact) mass is 440 g/mol. The standard InChI is InChI=1S/C24H25ClN2O4/c1-4-14-31-19-10-8-16(9-11-19)22(28)20-21(17-6-5-7-18(25)15-17)27(13-12-26(2)3)24(30)23(20)29/h4-11,15,21,28H,1,12-14H2,2-3H3. The second kappa shape index (κ2) is 9.81. The van der Waals surface area contributed by atoms with Crippen LogP contribution in [-0.4, -0.2) is 50.4 Å². The van der Waals surface area contributed by atoms with E-state index in [0.29, 0.717) is 41.6 Å². The molecule has 1 unspecified atom stereocenters. The van der Waals surface area contributed by atoms with E-state index in [1.165, 1.54) is 4.90 Å². The Kier molecular flexibility index (Phi) is 7.15. The summed E-state index contributed by atoms with van der Waals surface area (Å²) in [6.45, 7) is 4.92. The lowest BCUT2D eigenvalue weighted by Gasteiger charge is -2.27. The number of nitrogens with zero attached hydrogens (tertiary/aromatic N) is 1. The van der Waals surface area contributed by atoms with E-state index < -0.39 is 23.5 Å². The van der Waals surface area contributed by atoms with Crippen molar-refractivity contribution in [1.82, 2.24) is 4.90 Å². The van der Waals surface area contributed by atoms with Crippen molar-refractivity contribution in [3.63, 3.8) is 0 Å². The van der Waals surface area contributed by atoms with E-state index in [-0.39, 0.29) is 5.57 Å². The molecule has 6 nitrogen and oxygen atoms in total. The lowest BCUT2D eigenvalue weighted by Crippen LogP contribution is -3.06. The molecule has 1 aliphatic rings. The molecule has 0 spiro atoms. The van der Waals surface area contributed by atoms with Crippen LogP contribution in [-0.2, 0) is 9.59 Å². The smallest absolute Gasteiger partial charge is 0.295 e. The van der Waals surface area contributed by atoms with Crippen LogP contribution >= 0.6 is 11.6 Å². The minimum atomic E-state index is -0.776. The van der Waals surface area contributed by atoms with Crippen molar-refractivity contribution in [1.29, 1.82) is 0 Å². The summed E-state index contributed by atoms with van der Waals surface area (Å²) in [5.41, 5.74) is 0.893. The molecular formula is C24H25ClN2O4. The maximum Gasteiger partial charge on any atom is 0.295 e. The van der Waals surface area contributed by atoms with Gasteiger partial charge >= 0.3 is 0 Å². The number of Topliss-reactive ketones (excluding diaryl/α,β-unsaturated/α-hetero) is 1. The topological polar surface area (TPSA) is 74.1 Å². The fourth-order valence-corrected chi connectivity index (χ4v) is 3.68. The number of likely N-dealkylation sites (N-methyl/N-ethyl adjacent to an activating group) is 1. The van der Waals surface area contributed by atoms with Crippen LogP contribution in [0.25, 0.3) is 5.76 Å². The number of likely N-dealkylation sites (tertiary alicyclic amines) is 1. The van der Waals surface area contributed by atoms with Gasteiger partial charge in [0.1, 0.15) is 12.4 Å². The van der Waals surface area contributed by atoms with Crippen molar-refractivity contribution in [3.05, 3.63) is 82.9 Å². The highest BCUT2D eigenvalue weighted by molar-refractivity contribution is 6.46. The number of hydrogen-bond acceptors (Lipinski definition) is 4. The van der Waals surface area contributed by atoms with Crippen molar-refractivity contribution < 1.29 is 24.3 Å². The average Bonchev–Trinajstić information content (AvgIpc) is 3.01. The number of hydrogen-bond donors (Lipinski definition) is 1. The van der Waals surface area contributed by atoms with Crippen molar-refractivity contribution in [2.45, 2.75) is 6.04 Å². The van der Waals surface area contributed by atoms with Crippen LogP contribution in [0.2, 0.25) is 5.02 Å². The molecule has 1 atom stereocenters. The van der Waals surface area contributed by atoms with Crippen LogP contribution in [0.1, 0.15) is 17.2 Å². The third-order valence-corrected chi connectivity index (χ3v) is 5.27. The zero-order valence-electron chi connectivity index (χ0n) is 17.6. The van der Waals surface area contributed by atoms with Gasteiger partial charge in [-0.05, 0) is 35.4 Å². The van der Waals surface area contributed by atoms with Crippen LogP contribution in [0.5, 0.6) is 5.75 Å². The Morgan fingerprint density at radius 2 is 1.94 bits per heavy atom. The summed E-state index contributed by atoms with van der Waals surface area (Å²) in [5.74, 6) is -1.33.